The van der Waals surface area contributed by atoms with Crippen LogP contribution in [0.25, 0.3) is 16.9 Å². The molecule has 0 atom stereocenters. The van der Waals surface area contributed by atoms with Gasteiger partial charge in [-0.25, -0.2) is 18.7 Å². The van der Waals surface area contributed by atoms with Gasteiger partial charge in [-0.1, -0.05) is 0 Å². The van der Waals surface area contributed by atoms with Crippen molar-refractivity contribution >= 4 is 11.6 Å². The Bertz CT molecular complexity index is 1120. The third kappa shape index (κ3) is 3.55. The van der Waals surface area contributed by atoms with Gasteiger partial charge in [-0.3, -0.25) is 0 Å². The monoisotopic (exact) mass is 377 g/mol. The number of carbonyl (C=O) groups excluding carboxylic acids is 1. The molecule has 0 bridgehead atoms. The highest BCUT2D eigenvalue weighted by Crippen LogP contribution is 2.21. The van der Waals surface area contributed by atoms with Crippen molar-refractivity contribution in [2.24, 2.45) is 0 Å². The fourth-order valence-corrected chi connectivity index (χ4v) is 2.78. The predicted molar refractivity (Wildman–Crippen MR) is 100 cm³/mol. The molecule has 2 aromatic heterocycles. The van der Waals surface area contributed by atoms with E-state index in [1.165, 1.54) is 19.2 Å². The van der Waals surface area contributed by atoms with E-state index in [1.807, 2.05) is 12.1 Å². The van der Waals surface area contributed by atoms with Crippen LogP contribution >= 0.6 is 0 Å². The first kappa shape index (κ1) is 17.7. The van der Waals surface area contributed by atoms with Gasteiger partial charge in [-0.15, -0.1) is 0 Å². The SMILES string of the molecule is COC(=O)c1ccc(OCc2ccnc3cc(-c4ccc(F)cc4)nn23)cc1. The van der Waals surface area contributed by atoms with Crippen LogP contribution in [0.1, 0.15) is 16.1 Å². The third-order valence-corrected chi connectivity index (χ3v) is 4.24. The van der Waals surface area contributed by atoms with Crippen LogP contribution in [0, 0.1) is 5.82 Å². The number of carbonyl (C=O) groups is 1. The van der Waals surface area contributed by atoms with Crippen LogP contribution < -0.4 is 4.74 Å². The van der Waals surface area contributed by atoms with Crippen LogP contribution in [0.3, 0.4) is 0 Å². The van der Waals surface area contributed by atoms with Gasteiger partial charge in [0.25, 0.3) is 0 Å². The minimum absolute atomic E-state index is 0.265. The quantitative estimate of drug-likeness (QED) is 0.494. The normalized spacial score (nSPS) is 10.8. The second kappa shape index (κ2) is 7.48. The molecule has 0 unspecified atom stereocenters. The number of nitrogens with zero attached hydrogens (tertiary/aromatic N) is 3. The summed E-state index contributed by atoms with van der Waals surface area (Å²) in [5, 5.41) is 4.56. The van der Waals surface area contributed by atoms with E-state index in [0.717, 1.165) is 11.3 Å². The maximum absolute atomic E-state index is 13.1. The third-order valence-electron chi connectivity index (χ3n) is 4.24. The molecule has 2 heterocycles. The Labute approximate surface area is 160 Å². The lowest BCUT2D eigenvalue weighted by atomic mass is 10.1. The summed E-state index contributed by atoms with van der Waals surface area (Å²) in [6.07, 6.45) is 1.69. The first-order chi connectivity index (χ1) is 13.6. The number of hydrogen-bond donors (Lipinski definition) is 0. The molecule has 0 aliphatic heterocycles. The summed E-state index contributed by atoms with van der Waals surface area (Å²) in [5.41, 5.74) is 3.42. The lowest BCUT2D eigenvalue weighted by Gasteiger charge is -2.08. The molecule has 0 amide bonds. The number of methoxy groups -OCH3 is 1. The minimum Gasteiger partial charge on any atom is -0.487 e. The number of fused-ring (bicyclic) bond motifs is 1. The van der Waals surface area contributed by atoms with E-state index in [1.54, 1.807) is 47.1 Å². The Morgan fingerprint density at radius 3 is 2.54 bits per heavy atom. The summed E-state index contributed by atoms with van der Waals surface area (Å²) < 4.78 is 25.3. The summed E-state index contributed by atoms with van der Waals surface area (Å²) in [7, 11) is 1.34. The van der Waals surface area contributed by atoms with E-state index in [-0.39, 0.29) is 12.4 Å². The molecule has 0 aliphatic rings. The van der Waals surface area contributed by atoms with Crippen LogP contribution in [-0.4, -0.2) is 27.7 Å². The molecule has 0 aliphatic carbocycles. The number of esters is 1. The lowest BCUT2D eigenvalue weighted by molar-refractivity contribution is 0.0600. The molecule has 6 nitrogen and oxygen atoms in total. The smallest absolute Gasteiger partial charge is 0.337 e. The predicted octanol–water partition coefficient (Wildman–Crippen LogP) is 3.90. The van der Waals surface area contributed by atoms with Crippen LogP contribution in [0.2, 0.25) is 0 Å². The number of ether oxygens (including phenoxy) is 2. The van der Waals surface area contributed by atoms with Crippen LogP contribution in [0.5, 0.6) is 5.75 Å². The van der Waals surface area contributed by atoms with Gasteiger partial charge in [-0.2, -0.15) is 5.10 Å². The Morgan fingerprint density at radius 2 is 1.82 bits per heavy atom. The Morgan fingerprint density at radius 1 is 1.07 bits per heavy atom. The minimum atomic E-state index is -0.396. The van der Waals surface area contributed by atoms with Crippen molar-refractivity contribution in [2.45, 2.75) is 6.61 Å². The van der Waals surface area contributed by atoms with Gasteiger partial charge in [0.2, 0.25) is 0 Å². The number of aromatic nitrogens is 3. The van der Waals surface area contributed by atoms with Crippen molar-refractivity contribution < 1.29 is 18.7 Å². The number of rotatable bonds is 5. The maximum Gasteiger partial charge on any atom is 0.337 e. The molecule has 0 saturated carbocycles. The molecular weight excluding hydrogens is 361 g/mol. The number of halogens is 1. The Balaban J connectivity index is 1.55. The van der Waals surface area contributed by atoms with E-state index in [4.69, 9.17) is 4.74 Å². The lowest BCUT2D eigenvalue weighted by Crippen LogP contribution is -2.05. The number of hydrogen-bond acceptors (Lipinski definition) is 5. The molecule has 0 saturated heterocycles. The summed E-state index contributed by atoms with van der Waals surface area (Å²) in [5.74, 6) is -0.0752. The van der Waals surface area contributed by atoms with Gasteiger partial charge in [-0.05, 0) is 54.6 Å². The van der Waals surface area contributed by atoms with E-state index in [0.29, 0.717) is 22.7 Å². The molecule has 0 radical (unpaired) electrons. The zero-order valence-corrected chi connectivity index (χ0v) is 15.0. The van der Waals surface area contributed by atoms with Gasteiger partial charge < -0.3 is 9.47 Å². The van der Waals surface area contributed by atoms with Crippen molar-refractivity contribution in [1.29, 1.82) is 0 Å². The molecular formula is C21H16FN3O3. The van der Waals surface area contributed by atoms with E-state index in [9.17, 15) is 9.18 Å². The van der Waals surface area contributed by atoms with Gasteiger partial charge >= 0.3 is 5.97 Å². The molecule has 140 valence electrons. The maximum atomic E-state index is 13.1. The number of benzene rings is 2. The topological polar surface area (TPSA) is 65.7 Å². The first-order valence-electron chi connectivity index (χ1n) is 8.55. The molecule has 2 aromatic carbocycles. The highest BCUT2D eigenvalue weighted by molar-refractivity contribution is 5.89. The summed E-state index contributed by atoms with van der Waals surface area (Å²) in [4.78, 5) is 15.8. The van der Waals surface area contributed by atoms with Crippen molar-refractivity contribution in [3.05, 3.63) is 83.9 Å². The average Bonchev–Trinajstić information content (AvgIpc) is 3.17. The van der Waals surface area contributed by atoms with Gasteiger partial charge in [0, 0.05) is 17.8 Å². The van der Waals surface area contributed by atoms with Crippen molar-refractivity contribution in [3.63, 3.8) is 0 Å². The second-order valence-electron chi connectivity index (χ2n) is 6.05. The van der Waals surface area contributed by atoms with Gasteiger partial charge in [0.1, 0.15) is 18.2 Å². The molecule has 4 aromatic rings. The highest BCUT2D eigenvalue weighted by atomic mass is 19.1. The van der Waals surface area contributed by atoms with Crippen LogP contribution in [0.4, 0.5) is 4.39 Å². The standard InChI is InChI=1S/C21H16FN3O3/c1-27-21(26)15-4-8-18(9-5-15)28-13-17-10-11-23-20-12-19(24-25(17)20)14-2-6-16(22)7-3-14/h2-12H,13H2,1H3. The summed E-state index contributed by atoms with van der Waals surface area (Å²) >= 11 is 0. The summed E-state index contributed by atoms with van der Waals surface area (Å²) in [6, 6.07) is 16.5. The van der Waals surface area contributed by atoms with E-state index >= 15 is 0 Å². The van der Waals surface area contributed by atoms with Gasteiger partial charge in [0.05, 0.1) is 24.1 Å². The zero-order chi connectivity index (χ0) is 19.5. The van der Waals surface area contributed by atoms with Gasteiger partial charge in [0.15, 0.2) is 5.65 Å². The van der Waals surface area contributed by atoms with Crippen LogP contribution in [0.15, 0.2) is 66.9 Å². The first-order valence-corrected chi connectivity index (χ1v) is 8.55. The van der Waals surface area contributed by atoms with Crippen LogP contribution in [-0.2, 0) is 11.3 Å². The molecule has 0 N–H and O–H groups in total. The largest absolute Gasteiger partial charge is 0.487 e. The molecule has 0 fully saturated rings. The fraction of sp³-hybridized carbons (Fsp3) is 0.0952. The summed E-state index contributed by atoms with van der Waals surface area (Å²) in [6.45, 7) is 0.265. The van der Waals surface area contributed by atoms with Crippen molar-refractivity contribution in [2.75, 3.05) is 7.11 Å². The molecule has 4 rings (SSSR count). The zero-order valence-electron chi connectivity index (χ0n) is 15.0. The van der Waals surface area contributed by atoms with E-state index < -0.39 is 5.97 Å². The van der Waals surface area contributed by atoms with Crippen molar-refractivity contribution in [1.82, 2.24) is 14.6 Å². The van der Waals surface area contributed by atoms with E-state index in [2.05, 4.69) is 14.8 Å². The fourth-order valence-electron chi connectivity index (χ4n) is 2.78. The second-order valence-corrected chi connectivity index (χ2v) is 6.05. The highest BCUT2D eigenvalue weighted by Gasteiger charge is 2.10. The molecule has 28 heavy (non-hydrogen) atoms. The van der Waals surface area contributed by atoms with Crippen molar-refractivity contribution in [3.8, 4) is 17.0 Å². The molecule has 7 heteroatoms. The average molecular weight is 377 g/mol. The molecule has 0 spiro atoms. The Hall–Kier alpha value is -3.74. The Kier molecular flexibility index (Phi) is 4.72.